The number of rotatable bonds is 5. The van der Waals surface area contributed by atoms with Crippen LogP contribution in [0.25, 0.3) is 0 Å². The highest BCUT2D eigenvalue weighted by atomic mass is 16.5. The molecular weight excluding hydrogens is 322 g/mol. The molecule has 1 heterocycles. The maximum atomic E-state index is 12.5. The fourth-order valence-electron chi connectivity index (χ4n) is 2.46. The van der Waals surface area contributed by atoms with Crippen LogP contribution in [0, 0.1) is 11.8 Å². The minimum absolute atomic E-state index is 0.0704. The van der Waals surface area contributed by atoms with Crippen molar-refractivity contribution in [3.63, 3.8) is 0 Å². The van der Waals surface area contributed by atoms with E-state index < -0.39 is 5.60 Å². The molecule has 1 aromatic rings. The first-order chi connectivity index (χ1) is 11.9. The van der Waals surface area contributed by atoms with Gasteiger partial charge in [0, 0.05) is 17.7 Å². The van der Waals surface area contributed by atoms with Crippen molar-refractivity contribution in [2.24, 2.45) is 0 Å². The second kappa shape index (κ2) is 8.97. The molecule has 0 unspecified atom stereocenters. The Hall–Kier alpha value is -1.91. The van der Waals surface area contributed by atoms with Gasteiger partial charge in [0.1, 0.15) is 11.7 Å². The highest BCUT2D eigenvalue weighted by Gasteiger charge is 2.28. The quantitative estimate of drug-likeness (QED) is 0.683. The number of aliphatic hydroxyl groups excluding tert-OH is 1. The lowest BCUT2D eigenvalue weighted by molar-refractivity contribution is -0.0737. The monoisotopic (exact) mass is 347 g/mol. The van der Waals surface area contributed by atoms with Crippen LogP contribution in [-0.2, 0) is 9.47 Å². The Kier molecular flexibility index (Phi) is 6.97. The lowest BCUT2D eigenvalue weighted by Crippen LogP contribution is -2.50. The van der Waals surface area contributed by atoms with Crippen molar-refractivity contribution in [1.29, 1.82) is 0 Å². The molecule has 1 fully saturated rings. The molecule has 3 N–H and O–H groups in total. The van der Waals surface area contributed by atoms with Gasteiger partial charge < -0.3 is 25.0 Å². The third-order valence-electron chi connectivity index (χ3n) is 3.68. The van der Waals surface area contributed by atoms with Crippen LogP contribution in [0.4, 0.5) is 0 Å². The second-order valence-corrected chi connectivity index (χ2v) is 6.47. The van der Waals surface area contributed by atoms with Crippen molar-refractivity contribution >= 4 is 5.91 Å². The van der Waals surface area contributed by atoms with Crippen LogP contribution in [0.3, 0.4) is 0 Å². The van der Waals surface area contributed by atoms with E-state index in [1.54, 1.807) is 38.1 Å². The third-order valence-corrected chi connectivity index (χ3v) is 3.68. The zero-order valence-electron chi connectivity index (χ0n) is 14.6. The van der Waals surface area contributed by atoms with Crippen molar-refractivity contribution in [2.45, 2.75) is 38.0 Å². The first kappa shape index (κ1) is 19.4. The topological polar surface area (TPSA) is 88.0 Å². The number of carbonyl (C=O) groups excluding carboxylic acids is 1. The zero-order chi connectivity index (χ0) is 18.3. The Morgan fingerprint density at radius 1 is 1.48 bits per heavy atom. The van der Waals surface area contributed by atoms with Crippen LogP contribution in [0.1, 0.15) is 36.2 Å². The van der Waals surface area contributed by atoms with Gasteiger partial charge in [-0.15, -0.1) is 0 Å². The molecule has 1 aliphatic rings. The molecular formula is C19H25NO5. The van der Waals surface area contributed by atoms with E-state index in [4.69, 9.17) is 14.6 Å². The molecule has 1 aliphatic heterocycles. The lowest BCUT2D eigenvalue weighted by atomic mass is 10.0. The average Bonchev–Trinajstić information content (AvgIpc) is 2.59. The summed E-state index contributed by atoms with van der Waals surface area (Å²) in [4.78, 5) is 12.5. The Bertz CT molecular complexity index is 641. The first-order valence-corrected chi connectivity index (χ1v) is 8.36. The maximum absolute atomic E-state index is 12.5. The standard InChI is InChI=1S/C19H25NO5/c1-19(2,23)8-6-14-4-3-5-15(12-14)18(22)20-16-7-10-24-13-17(16)25-11-9-21/h3-5,12,16-17,21,23H,7,9-11,13H2,1-2H3,(H,20,22)/t16-,17-/m1/s1. The predicted octanol–water partition coefficient (Wildman–Crippen LogP) is 0.705. The smallest absolute Gasteiger partial charge is 0.251 e. The zero-order valence-corrected chi connectivity index (χ0v) is 14.6. The normalized spacial score (nSPS) is 20.5. The van der Waals surface area contributed by atoms with Crippen molar-refractivity contribution in [3.05, 3.63) is 35.4 Å². The number of nitrogens with one attached hydrogen (secondary N) is 1. The van der Waals surface area contributed by atoms with Crippen LogP contribution >= 0.6 is 0 Å². The van der Waals surface area contributed by atoms with Gasteiger partial charge in [0.05, 0.1) is 25.9 Å². The van der Waals surface area contributed by atoms with Crippen molar-refractivity contribution in [3.8, 4) is 11.8 Å². The van der Waals surface area contributed by atoms with Crippen LogP contribution in [0.15, 0.2) is 24.3 Å². The fraction of sp³-hybridized carbons (Fsp3) is 0.526. The summed E-state index contributed by atoms with van der Waals surface area (Å²) >= 11 is 0. The molecule has 0 aromatic heterocycles. The van der Waals surface area contributed by atoms with E-state index in [2.05, 4.69) is 17.2 Å². The van der Waals surface area contributed by atoms with E-state index in [9.17, 15) is 9.90 Å². The van der Waals surface area contributed by atoms with E-state index in [-0.39, 0.29) is 31.3 Å². The van der Waals surface area contributed by atoms with Crippen LogP contribution in [0.2, 0.25) is 0 Å². The van der Waals surface area contributed by atoms with E-state index >= 15 is 0 Å². The van der Waals surface area contributed by atoms with Gasteiger partial charge in [-0.2, -0.15) is 0 Å². The number of aliphatic hydroxyl groups is 2. The molecule has 1 aromatic carbocycles. The summed E-state index contributed by atoms with van der Waals surface area (Å²) in [6.45, 7) is 4.30. The van der Waals surface area contributed by atoms with Gasteiger partial charge in [-0.05, 0) is 38.5 Å². The van der Waals surface area contributed by atoms with E-state index in [0.29, 0.717) is 30.8 Å². The average molecular weight is 347 g/mol. The van der Waals surface area contributed by atoms with Gasteiger partial charge in [0.15, 0.2) is 0 Å². The van der Waals surface area contributed by atoms with Crippen LogP contribution in [0.5, 0.6) is 0 Å². The van der Waals surface area contributed by atoms with Gasteiger partial charge >= 0.3 is 0 Å². The number of hydrogen-bond donors (Lipinski definition) is 3. The van der Waals surface area contributed by atoms with E-state index in [1.165, 1.54) is 0 Å². The summed E-state index contributed by atoms with van der Waals surface area (Å²) in [6, 6.07) is 6.79. The third kappa shape index (κ3) is 6.48. The first-order valence-electron chi connectivity index (χ1n) is 8.36. The summed E-state index contributed by atoms with van der Waals surface area (Å²) in [6.07, 6.45) is 0.378. The SMILES string of the molecule is CC(C)(O)C#Cc1cccc(C(=O)N[C@@H]2CCOC[C@H]2OCCO)c1. The molecule has 6 heteroatoms. The fourth-order valence-corrected chi connectivity index (χ4v) is 2.46. The van der Waals surface area contributed by atoms with Crippen molar-refractivity contribution < 1.29 is 24.5 Å². The Labute approximate surface area is 148 Å². The summed E-state index contributed by atoms with van der Waals surface area (Å²) in [5.74, 6) is 5.39. The minimum Gasteiger partial charge on any atom is -0.394 e. The highest BCUT2D eigenvalue weighted by molar-refractivity contribution is 5.94. The molecule has 0 spiro atoms. The number of ether oxygens (including phenoxy) is 2. The van der Waals surface area contributed by atoms with Crippen LogP contribution in [-0.4, -0.2) is 60.3 Å². The van der Waals surface area contributed by atoms with E-state index in [0.717, 1.165) is 0 Å². The molecule has 0 saturated carbocycles. The highest BCUT2D eigenvalue weighted by Crippen LogP contribution is 2.13. The van der Waals surface area contributed by atoms with Gasteiger partial charge in [-0.3, -0.25) is 4.79 Å². The van der Waals surface area contributed by atoms with Gasteiger partial charge in [0.25, 0.3) is 5.91 Å². The Morgan fingerprint density at radius 2 is 2.28 bits per heavy atom. The predicted molar refractivity (Wildman–Crippen MR) is 93.1 cm³/mol. The molecule has 136 valence electrons. The molecule has 2 atom stereocenters. The van der Waals surface area contributed by atoms with Gasteiger partial charge in [0.2, 0.25) is 0 Å². The molecule has 1 amide bonds. The summed E-state index contributed by atoms with van der Waals surface area (Å²) in [5.41, 5.74) is 0.0715. The Morgan fingerprint density at radius 3 is 3.00 bits per heavy atom. The molecule has 6 nitrogen and oxygen atoms in total. The number of hydrogen-bond acceptors (Lipinski definition) is 5. The molecule has 0 bridgehead atoms. The van der Waals surface area contributed by atoms with Crippen LogP contribution < -0.4 is 5.32 Å². The molecule has 0 radical (unpaired) electrons. The number of amides is 1. The lowest BCUT2D eigenvalue weighted by Gasteiger charge is -2.32. The summed E-state index contributed by atoms with van der Waals surface area (Å²) in [7, 11) is 0. The summed E-state index contributed by atoms with van der Waals surface area (Å²) in [5, 5.41) is 21.5. The van der Waals surface area contributed by atoms with E-state index in [1.807, 2.05) is 0 Å². The molecule has 0 aliphatic carbocycles. The minimum atomic E-state index is -1.09. The second-order valence-electron chi connectivity index (χ2n) is 6.47. The molecule has 1 saturated heterocycles. The van der Waals surface area contributed by atoms with Gasteiger partial charge in [-0.1, -0.05) is 17.9 Å². The van der Waals surface area contributed by atoms with Crippen molar-refractivity contribution in [2.75, 3.05) is 26.4 Å². The molecule has 2 rings (SSSR count). The number of carbonyl (C=O) groups is 1. The Balaban J connectivity index is 2.05. The van der Waals surface area contributed by atoms with Crippen molar-refractivity contribution in [1.82, 2.24) is 5.32 Å². The maximum Gasteiger partial charge on any atom is 0.251 e. The summed E-state index contributed by atoms with van der Waals surface area (Å²) < 4.78 is 10.9. The molecule has 25 heavy (non-hydrogen) atoms. The number of benzene rings is 1. The largest absolute Gasteiger partial charge is 0.394 e. The van der Waals surface area contributed by atoms with Gasteiger partial charge in [-0.25, -0.2) is 0 Å².